The molecule has 20 heavy (non-hydrogen) atoms. The summed E-state index contributed by atoms with van der Waals surface area (Å²) in [6, 6.07) is 7.30. The molecule has 112 valence electrons. The topological polar surface area (TPSA) is 18.5 Å². The number of hydrogen-bond donors (Lipinski definition) is 1. The molecule has 1 aromatic carbocycles. The van der Waals surface area contributed by atoms with Crippen molar-refractivity contribution in [1.29, 1.82) is 0 Å². The predicted octanol–water partition coefficient (Wildman–Crippen LogP) is 2.11. The largest absolute Gasteiger partial charge is 0.314 e. The lowest BCUT2D eigenvalue weighted by Gasteiger charge is -2.32. The van der Waals surface area contributed by atoms with E-state index in [4.69, 9.17) is 0 Å². The number of nitrogens with zero attached hydrogens (tertiary/aromatic N) is 2. The van der Waals surface area contributed by atoms with Crippen LogP contribution in [0, 0.1) is 5.82 Å². The van der Waals surface area contributed by atoms with Crippen LogP contribution in [0.15, 0.2) is 24.3 Å². The summed E-state index contributed by atoms with van der Waals surface area (Å²) in [5, 5.41) is 3.37. The minimum Gasteiger partial charge on any atom is -0.314 e. The Kier molecular flexibility index (Phi) is 5.95. The minimum atomic E-state index is -0.142. The number of halogens is 1. The molecule has 0 aromatic heterocycles. The van der Waals surface area contributed by atoms with Gasteiger partial charge >= 0.3 is 0 Å². The molecular formula is C16H26FN3. The van der Waals surface area contributed by atoms with Gasteiger partial charge in [-0.05, 0) is 31.2 Å². The highest BCUT2D eigenvalue weighted by Gasteiger charge is 2.17. The molecule has 2 rings (SSSR count). The van der Waals surface area contributed by atoms with Crippen molar-refractivity contribution in [2.75, 3.05) is 46.3 Å². The molecule has 1 aromatic rings. The van der Waals surface area contributed by atoms with Gasteiger partial charge < -0.3 is 5.32 Å². The van der Waals surface area contributed by atoms with Gasteiger partial charge in [0.25, 0.3) is 0 Å². The SMILES string of the molecule is CCC(c1cccc(F)c1)N(C)CCN1CCNCC1. The second-order valence-electron chi connectivity index (χ2n) is 5.55. The van der Waals surface area contributed by atoms with Gasteiger partial charge in [-0.2, -0.15) is 0 Å². The van der Waals surface area contributed by atoms with Crippen LogP contribution in [0.25, 0.3) is 0 Å². The number of rotatable bonds is 6. The first-order valence-electron chi connectivity index (χ1n) is 7.59. The molecule has 1 fully saturated rings. The van der Waals surface area contributed by atoms with Crippen LogP contribution in [0.2, 0.25) is 0 Å². The zero-order chi connectivity index (χ0) is 14.4. The lowest BCUT2D eigenvalue weighted by Crippen LogP contribution is -2.46. The first-order valence-corrected chi connectivity index (χ1v) is 7.59. The zero-order valence-electron chi connectivity index (χ0n) is 12.6. The number of piperazine rings is 1. The Hall–Kier alpha value is -0.970. The van der Waals surface area contributed by atoms with E-state index in [1.54, 1.807) is 12.1 Å². The maximum atomic E-state index is 13.4. The molecular weight excluding hydrogens is 253 g/mol. The Labute approximate surface area is 121 Å². The first-order chi connectivity index (χ1) is 9.70. The van der Waals surface area contributed by atoms with Crippen LogP contribution in [0.1, 0.15) is 24.9 Å². The molecule has 0 radical (unpaired) electrons. The van der Waals surface area contributed by atoms with Crippen molar-refractivity contribution < 1.29 is 4.39 Å². The van der Waals surface area contributed by atoms with Crippen LogP contribution in [-0.4, -0.2) is 56.1 Å². The summed E-state index contributed by atoms with van der Waals surface area (Å²) in [6.45, 7) is 8.71. The standard InChI is InChI=1S/C16H26FN3/c1-3-16(14-5-4-6-15(17)13-14)19(2)11-12-20-9-7-18-8-10-20/h4-6,13,16,18H,3,7-12H2,1-2H3. The monoisotopic (exact) mass is 279 g/mol. The number of hydrogen-bond acceptors (Lipinski definition) is 3. The van der Waals surface area contributed by atoms with Crippen molar-refractivity contribution in [3.63, 3.8) is 0 Å². The fraction of sp³-hybridized carbons (Fsp3) is 0.625. The van der Waals surface area contributed by atoms with Gasteiger partial charge in [-0.1, -0.05) is 19.1 Å². The molecule has 3 nitrogen and oxygen atoms in total. The van der Waals surface area contributed by atoms with Crippen LogP contribution in [-0.2, 0) is 0 Å². The van der Waals surface area contributed by atoms with Crippen LogP contribution < -0.4 is 5.32 Å². The summed E-state index contributed by atoms with van der Waals surface area (Å²) >= 11 is 0. The van der Waals surface area contributed by atoms with Crippen LogP contribution in [0.4, 0.5) is 4.39 Å². The third-order valence-corrected chi connectivity index (χ3v) is 4.13. The third-order valence-electron chi connectivity index (χ3n) is 4.13. The van der Waals surface area contributed by atoms with E-state index in [1.165, 1.54) is 6.07 Å². The maximum Gasteiger partial charge on any atom is 0.123 e. The van der Waals surface area contributed by atoms with E-state index < -0.39 is 0 Å². The van der Waals surface area contributed by atoms with Gasteiger partial charge in [-0.15, -0.1) is 0 Å². The molecule has 1 aliphatic heterocycles. The van der Waals surface area contributed by atoms with E-state index in [0.717, 1.165) is 51.3 Å². The Morgan fingerprint density at radius 2 is 2.10 bits per heavy atom. The summed E-state index contributed by atoms with van der Waals surface area (Å²) in [4.78, 5) is 4.84. The molecule has 4 heteroatoms. The van der Waals surface area contributed by atoms with E-state index in [2.05, 4.69) is 29.1 Å². The molecule has 0 amide bonds. The van der Waals surface area contributed by atoms with Gasteiger partial charge in [0.1, 0.15) is 5.82 Å². The lowest BCUT2D eigenvalue weighted by molar-refractivity contribution is 0.174. The van der Waals surface area contributed by atoms with E-state index in [0.29, 0.717) is 6.04 Å². The Bertz CT molecular complexity index is 404. The van der Waals surface area contributed by atoms with Gasteiger partial charge in [0, 0.05) is 45.3 Å². The van der Waals surface area contributed by atoms with Gasteiger partial charge in [-0.3, -0.25) is 9.80 Å². The van der Waals surface area contributed by atoms with Crippen molar-refractivity contribution in [1.82, 2.24) is 15.1 Å². The molecule has 1 saturated heterocycles. The molecule has 1 N–H and O–H groups in total. The summed E-state index contributed by atoms with van der Waals surface area (Å²) in [5.41, 5.74) is 1.08. The second-order valence-corrected chi connectivity index (χ2v) is 5.55. The molecule has 0 bridgehead atoms. The third kappa shape index (κ3) is 4.27. The van der Waals surface area contributed by atoms with Gasteiger partial charge in [0.15, 0.2) is 0 Å². The number of benzene rings is 1. The lowest BCUT2D eigenvalue weighted by atomic mass is 10.0. The van der Waals surface area contributed by atoms with Crippen LogP contribution in [0.3, 0.4) is 0 Å². The molecule has 0 spiro atoms. The van der Waals surface area contributed by atoms with Gasteiger partial charge in [-0.25, -0.2) is 4.39 Å². The van der Waals surface area contributed by atoms with E-state index >= 15 is 0 Å². The summed E-state index contributed by atoms with van der Waals surface area (Å²) in [5.74, 6) is -0.142. The molecule has 1 aliphatic rings. The van der Waals surface area contributed by atoms with Crippen molar-refractivity contribution >= 4 is 0 Å². The smallest absolute Gasteiger partial charge is 0.123 e. The summed E-state index contributed by atoms with van der Waals surface area (Å²) < 4.78 is 13.4. The Morgan fingerprint density at radius 1 is 1.35 bits per heavy atom. The van der Waals surface area contributed by atoms with E-state index in [-0.39, 0.29) is 5.82 Å². The van der Waals surface area contributed by atoms with Crippen LogP contribution >= 0.6 is 0 Å². The predicted molar refractivity (Wildman–Crippen MR) is 81.4 cm³/mol. The Balaban J connectivity index is 1.89. The quantitative estimate of drug-likeness (QED) is 0.860. The highest BCUT2D eigenvalue weighted by atomic mass is 19.1. The number of likely N-dealkylation sites (N-methyl/N-ethyl adjacent to an activating group) is 1. The van der Waals surface area contributed by atoms with Crippen molar-refractivity contribution in [3.05, 3.63) is 35.6 Å². The van der Waals surface area contributed by atoms with Crippen molar-refractivity contribution in [3.8, 4) is 0 Å². The summed E-state index contributed by atoms with van der Waals surface area (Å²) in [6.07, 6.45) is 1.00. The average molecular weight is 279 g/mol. The van der Waals surface area contributed by atoms with Crippen molar-refractivity contribution in [2.24, 2.45) is 0 Å². The Morgan fingerprint density at radius 3 is 2.75 bits per heavy atom. The molecule has 0 saturated carbocycles. The van der Waals surface area contributed by atoms with Gasteiger partial charge in [0.05, 0.1) is 0 Å². The van der Waals surface area contributed by atoms with Crippen molar-refractivity contribution in [2.45, 2.75) is 19.4 Å². The summed E-state index contributed by atoms with van der Waals surface area (Å²) in [7, 11) is 2.14. The fourth-order valence-electron chi connectivity index (χ4n) is 2.91. The second kappa shape index (κ2) is 7.72. The maximum absolute atomic E-state index is 13.4. The highest BCUT2D eigenvalue weighted by molar-refractivity contribution is 5.20. The van der Waals surface area contributed by atoms with Gasteiger partial charge in [0.2, 0.25) is 0 Å². The van der Waals surface area contributed by atoms with E-state index in [9.17, 15) is 4.39 Å². The number of nitrogens with one attached hydrogen (secondary N) is 1. The normalized spacial score (nSPS) is 18.4. The first kappa shape index (κ1) is 15.4. The molecule has 1 heterocycles. The highest BCUT2D eigenvalue weighted by Crippen LogP contribution is 2.23. The molecule has 0 aliphatic carbocycles. The molecule has 1 unspecified atom stereocenters. The minimum absolute atomic E-state index is 0.142. The van der Waals surface area contributed by atoms with Crippen LogP contribution in [0.5, 0.6) is 0 Å². The average Bonchev–Trinajstić information content (AvgIpc) is 2.47. The molecule has 1 atom stereocenters. The van der Waals surface area contributed by atoms with E-state index in [1.807, 2.05) is 6.07 Å². The zero-order valence-corrected chi connectivity index (χ0v) is 12.6. The fourth-order valence-corrected chi connectivity index (χ4v) is 2.91.